The molecule has 1 aromatic heterocycles. The third-order valence-electron chi connectivity index (χ3n) is 2.20. The summed E-state index contributed by atoms with van der Waals surface area (Å²) < 4.78 is 0. The van der Waals surface area contributed by atoms with Crippen molar-refractivity contribution in [1.82, 2.24) is 15.0 Å². The topological polar surface area (TPSA) is 97.0 Å². The van der Waals surface area contributed by atoms with Crippen LogP contribution in [0.4, 0.5) is 11.6 Å². The van der Waals surface area contributed by atoms with Crippen LogP contribution in [0, 0.1) is 0 Å². The van der Waals surface area contributed by atoms with Crippen LogP contribution in [0.15, 0.2) is 24.3 Å². The summed E-state index contributed by atoms with van der Waals surface area (Å²) in [5.41, 5.74) is 7.10. The number of nitrogen functional groups attached to an aromatic ring is 1. The highest BCUT2D eigenvalue weighted by Gasteiger charge is 2.09. The maximum Gasteiger partial charge on any atom is 0.227 e. The molecule has 0 saturated heterocycles. The van der Waals surface area contributed by atoms with Crippen LogP contribution in [-0.4, -0.2) is 33.2 Å². The summed E-state index contributed by atoms with van der Waals surface area (Å²) in [6, 6.07) is 7.22. The first-order valence-electron chi connectivity index (χ1n) is 5.32. The monoisotopic (exact) mass is 265 g/mol. The van der Waals surface area contributed by atoms with Gasteiger partial charge in [0.1, 0.15) is 0 Å². The second-order valence-electron chi connectivity index (χ2n) is 3.49. The van der Waals surface area contributed by atoms with E-state index in [0.717, 1.165) is 0 Å². The largest absolute Gasteiger partial charge is 0.398 e. The Morgan fingerprint density at radius 3 is 2.72 bits per heavy atom. The average molecular weight is 266 g/mol. The highest BCUT2D eigenvalue weighted by molar-refractivity contribution is 6.28. The number of nitrogens with zero attached hydrogens (tertiary/aromatic N) is 3. The van der Waals surface area contributed by atoms with Crippen LogP contribution in [0.25, 0.3) is 11.4 Å². The van der Waals surface area contributed by atoms with Gasteiger partial charge in [-0.2, -0.15) is 15.0 Å². The van der Waals surface area contributed by atoms with Gasteiger partial charge in [-0.3, -0.25) is 0 Å². The first kappa shape index (κ1) is 12.5. The molecule has 4 N–H and O–H groups in total. The van der Waals surface area contributed by atoms with Gasteiger partial charge in [-0.15, -0.1) is 0 Å². The van der Waals surface area contributed by atoms with Gasteiger partial charge in [-0.1, -0.05) is 12.1 Å². The normalized spacial score (nSPS) is 10.3. The summed E-state index contributed by atoms with van der Waals surface area (Å²) in [5, 5.41) is 11.6. The van der Waals surface area contributed by atoms with E-state index in [1.807, 2.05) is 12.1 Å². The maximum atomic E-state index is 8.74. The molecule has 0 aliphatic heterocycles. The molecule has 1 aromatic carbocycles. The number of rotatable bonds is 4. The number of hydrogen-bond donors (Lipinski definition) is 3. The van der Waals surface area contributed by atoms with E-state index in [1.54, 1.807) is 12.1 Å². The Morgan fingerprint density at radius 1 is 1.22 bits per heavy atom. The van der Waals surface area contributed by atoms with Crippen LogP contribution >= 0.6 is 11.6 Å². The predicted molar refractivity (Wildman–Crippen MR) is 70.3 cm³/mol. The van der Waals surface area contributed by atoms with Crippen LogP contribution in [-0.2, 0) is 0 Å². The van der Waals surface area contributed by atoms with Crippen molar-refractivity contribution in [2.24, 2.45) is 0 Å². The molecule has 1 heterocycles. The van der Waals surface area contributed by atoms with Crippen molar-refractivity contribution in [3.63, 3.8) is 0 Å². The van der Waals surface area contributed by atoms with Crippen molar-refractivity contribution in [2.45, 2.75) is 0 Å². The van der Waals surface area contributed by atoms with Gasteiger partial charge in [0.2, 0.25) is 11.2 Å². The Bertz CT molecular complexity index is 549. The third kappa shape index (κ3) is 2.85. The van der Waals surface area contributed by atoms with E-state index in [2.05, 4.69) is 20.3 Å². The number of aromatic nitrogens is 3. The minimum atomic E-state index is -0.0217. The van der Waals surface area contributed by atoms with Crippen molar-refractivity contribution in [3.8, 4) is 11.4 Å². The first-order chi connectivity index (χ1) is 8.70. The van der Waals surface area contributed by atoms with E-state index in [0.29, 0.717) is 29.6 Å². The zero-order valence-corrected chi connectivity index (χ0v) is 10.2. The van der Waals surface area contributed by atoms with Gasteiger partial charge in [0.25, 0.3) is 0 Å². The minimum Gasteiger partial charge on any atom is -0.398 e. The van der Waals surface area contributed by atoms with E-state index < -0.39 is 0 Å². The zero-order valence-electron chi connectivity index (χ0n) is 9.47. The molecular weight excluding hydrogens is 254 g/mol. The van der Waals surface area contributed by atoms with Gasteiger partial charge < -0.3 is 16.2 Å². The van der Waals surface area contributed by atoms with Crippen molar-refractivity contribution in [1.29, 1.82) is 0 Å². The smallest absolute Gasteiger partial charge is 0.227 e. The molecule has 7 heteroatoms. The highest BCUT2D eigenvalue weighted by Crippen LogP contribution is 2.23. The van der Waals surface area contributed by atoms with E-state index >= 15 is 0 Å². The van der Waals surface area contributed by atoms with Gasteiger partial charge in [0, 0.05) is 17.8 Å². The lowest BCUT2D eigenvalue weighted by Gasteiger charge is -2.07. The Hall–Kier alpha value is -1.92. The molecule has 0 unspecified atom stereocenters. The number of hydrogen-bond acceptors (Lipinski definition) is 6. The second kappa shape index (κ2) is 5.61. The lowest BCUT2D eigenvalue weighted by atomic mass is 10.2. The highest BCUT2D eigenvalue weighted by atomic mass is 35.5. The second-order valence-corrected chi connectivity index (χ2v) is 3.83. The third-order valence-corrected chi connectivity index (χ3v) is 2.37. The summed E-state index contributed by atoms with van der Waals surface area (Å²) in [6.07, 6.45) is 0. The summed E-state index contributed by atoms with van der Waals surface area (Å²) in [5.74, 6) is 0.704. The number of para-hydroxylation sites is 1. The molecule has 2 rings (SSSR count). The van der Waals surface area contributed by atoms with Gasteiger partial charge >= 0.3 is 0 Å². The van der Waals surface area contributed by atoms with Crippen LogP contribution in [0.5, 0.6) is 0 Å². The summed E-state index contributed by atoms with van der Waals surface area (Å²) in [7, 11) is 0. The Labute approximate surface area is 109 Å². The SMILES string of the molecule is Nc1ccccc1-c1nc(Cl)nc(NCCO)n1. The molecule has 18 heavy (non-hydrogen) atoms. The van der Waals surface area contributed by atoms with Crippen molar-refractivity contribution in [2.75, 3.05) is 24.2 Å². The predicted octanol–water partition coefficient (Wildman–Crippen LogP) is 1.18. The number of aliphatic hydroxyl groups excluding tert-OH is 1. The Balaban J connectivity index is 2.39. The fourth-order valence-corrected chi connectivity index (χ4v) is 1.58. The molecule has 0 aliphatic carbocycles. The van der Waals surface area contributed by atoms with Gasteiger partial charge in [-0.05, 0) is 23.7 Å². The van der Waals surface area contributed by atoms with Crippen LogP contribution in [0.1, 0.15) is 0 Å². The van der Waals surface area contributed by atoms with E-state index in [9.17, 15) is 0 Å². The Morgan fingerprint density at radius 2 is 2.00 bits per heavy atom. The van der Waals surface area contributed by atoms with Crippen molar-refractivity contribution >= 4 is 23.2 Å². The first-order valence-corrected chi connectivity index (χ1v) is 5.69. The number of benzene rings is 1. The van der Waals surface area contributed by atoms with Crippen LogP contribution < -0.4 is 11.1 Å². The molecule has 0 spiro atoms. The molecule has 2 aromatic rings. The Kier molecular flexibility index (Phi) is 3.91. The average Bonchev–Trinajstić information content (AvgIpc) is 2.36. The standard InChI is InChI=1S/C11H12ClN5O/c12-10-15-9(7-3-1-2-4-8(7)13)16-11(17-10)14-5-6-18/h1-4,18H,5-6,13H2,(H,14,15,16,17). The van der Waals surface area contributed by atoms with Crippen LogP contribution in [0.3, 0.4) is 0 Å². The summed E-state index contributed by atoms with van der Waals surface area (Å²) in [4.78, 5) is 12.1. The number of nitrogens with two attached hydrogens (primary N) is 1. The van der Waals surface area contributed by atoms with Gasteiger partial charge in [0.15, 0.2) is 5.82 Å². The van der Waals surface area contributed by atoms with E-state index in [-0.39, 0.29) is 11.9 Å². The number of aliphatic hydroxyl groups is 1. The summed E-state index contributed by atoms with van der Waals surface area (Å²) in [6.45, 7) is 0.316. The zero-order chi connectivity index (χ0) is 13.0. The fourth-order valence-electron chi connectivity index (χ4n) is 1.42. The van der Waals surface area contributed by atoms with Crippen molar-refractivity contribution in [3.05, 3.63) is 29.5 Å². The molecule has 0 atom stereocenters. The number of anilines is 2. The minimum absolute atomic E-state index is 0.0217. The molecule has 0 aliphatic rings. The molecule has 0 fully saturated rings. The number of nitrogens with one attached hydrogen (secondary N) is 1. The lowest BCUT2D eigenvalue weighted by molar-refractivity contribution is 0.311. The van der Waals surface area contributed by atoms with E-state index in [1.165, 1.54) is 0 Å². The number of halogens is 1. The molecule has 0 bridgehead atoms. The van der Waals surface area contributed by atoms with Gasteiger partial charge in [0.05, 0.1) is 6.61 Å². The molecular formula is C11H12ClN5O. The molecule has 94 valence electrons. The van der Waals surface area contributed by atoms with E-state index in [4.69, 9.17) is 22.4 Å². The summed E-state index contributed by atoms with van der Waals surface area (Å²) >= 11 is 5.83. The van der Waals surface area contributed by atoms with Crippen LogP contribution in [0.2, 0.25) is 5.28 Å². The molecule has 0 saturated carbocycles. The quantitative estimate of drug-likeness (QED) is 0.718. The van der Waals surface area contributed by atoms with Crippen molar-refractivity contribution < 1.29 is 5.11 Å². The maximum absolute atomic E-state index is 8.74. The lowest BCUT2D eigenvalue weighted by Crippen LogP contribution is -2.10. The van der Waals surface area contributed by atoms with Gasteiger partial charge in [-0.25, -0.2) is 0 Å². The fraction of sp³-hybridized carbons (Fsp3) is 0.182. The molecule has 0 radical (unpaired) electrons. The molecule has 0 amide bonds. The molecule has 6 nitrogen and oxygen atoms in total.